The topological polar surface area (TPSA) is 28.2 Å². The predicted molar refractivity (Wildman–Crippen MR) is 131 cm³/mol. The van der Waals surface area contributed by atoms with E-state index in [1.165, 1.54) is 0 Å². The van der Waals surface area contributed by atoms with Crippen molar-refractivity contribution in [2.24, 2.45) is 0 Å². The summed E-state index contributed by atoms with van der Waals surface area (Å²) in [6.07, 6.45) is 9.39. The molecule has 1 aromatic heterocycles. The van der Waals surface area contributed by atoms with Crippen LogP contribution in [0.4, 0.5) is 11.4 Å². The van der Waals surface area contributed by atoms with Gasteiger partial charge >= 0.3 is 0 Å². The highest BCUT2D eigenvalue weighted by Gasteiger charge is 2.26. The van der Waals surface area contributed by atoms with Gasteiger partial charge in [-0.3, -0.25) is 9.88 Å². The lowest BCUT2D eigenvalue weighted by molar-refractivity contribution is 1.14. The van der Waals surface area contributed by atoms with Gasteiger partial charge in [0.25, 0.3) is 0 Å². The van der Waals surface area contributed by atoms with Gasteiger partial charge in [-0.05, 0) is 23.8 Å². The molecular weight excluding hydrogens is 402 g/mol. The second-order valence-electron chi connectivity index (χ2n) is 7.30. The SMILES string of the molecule is C#Cc1cccc(Cl)c1-c1ccc2c(c1)NC(=C)N(c1cncc3ccccc13)C2=C. The predicted octanol–water partition coefficient (Wildman–Crippen LogP) is 6.91. The molecule has 1 aliphatic heterocycles. The van der Waals surface area contributed by atoms with E-state index in [1.807, 2.05) is 71.9 Å². The van der Waals surface area contributed by atoms with E-state index >= 15 is 0 Å². The van der Waals surface area contributed by atoms with E-state index in [2.05, 4.69) is 35.4 Å². The fourth-order valence-corrected chi connectivity index (χ4v) is 4.34. The van der Waals surface area contributed by atoms with Gasteiger partial charge < -0.3 is 5.32 Å². The van der Waals surface area contributed by atoms with E-state index < -0.39 is 0 Å². The van der Waals surface area contributed by atoms with Crippen molar-refractivity contribution in [3.05, 3.63) is 108 Å². The Kier molecular flexibility index (Phi) is 4.51. The van der Waals surface area contributed by atoms with Crippen LogP contribution in [0.15, 0.2) is 92.0 Å². The molecule has 31 heavy (non-hydrogen) atoms. The molecule has 1 N–H and O–H groups in total. The van der Waals surface area contributed by atoms with Gasteiger partial charge in [0.05, 0.1) is 11.9 Å². The van der Waals surface area contributed by atoms with E-state index in [1.54, 1.807) is 0 Å². The highest BCUT2D eigenvalue weighted by atomic mass is 35.5. The lowest BCUT2D eigenvalue weighted by Gasteiger charge is -2.35. The van der Waals surface area contributed by atoms with Gasteiger partial charge in [0.1, 0.15) is 5.82 Å². The summed E-state index contributed by atoms with van der Waals surface area (Å²) in [7, 11) is 0. The Bertz CT molecular complexity index is 1420. The molecule has 0 fully saturated rings. The Hall–Kier alpha value is -4.00. The quantitative estimate of drug-likeness (QED) is 0.358. The van der Waals surface area contributed by atoms with Crippen molar-refractivity contribution < 1.29 is 0 Å². The zero-order chi connectivity index (χ0) is 21.5. The van der Waals surface area contributed by atoms with Crippen molar-refractivity contribution in [3.8, 4) is 23.5 Å². The van der Waals surface area contributed by atoms with E-state index in [9.17, 15) is 0 Å². The zero-order valence-electron chi connectivity index (χ0n) is 16.7. The van der Waals surface area contributed by atoms with E-state index in [4.69, 9.17) is 18.0 Å². The fourth-order valence-electron chi connectivity index (χ4n) is 4.06. The minimum atomic E-state index is 0.618. The number of terminal acetylenes is 1. The molecule has 4 heteroatoms. The van der Waals surface area contributed by atoms with Gasteiger partial charge in [-0.25, -0.2) is 0 Å². The Balaban J connectivity index is 1.62. The van der Waals surface area contributed by atoms with Gasteiger partial charge in [-0.15, -0.1) is 6.42 Å². The molecule has 0 saturated carbocycles. The third kappa shape index (κ3) is 3.06. The zero-order valence-corrected chi connectivity index (χ0v) is 17.4. The summed E-state index contributed by atoms with van der Waals surface area (Å²) in [5, 5.41) is 6.17. The fraction of sp³-hybridized carbons (Fsp3) is 0. The molecule has 0 unspecified atom stereocenters. The van der Waals surface area contributed by atoms with Crippen molar-refractivity contribution >= 4 is 39.4 Å². The molecule has 0 amide bonds. The van der Waals surface area contributed by atoms with E-state index in [-0.39, 0.29) is 0 Å². The van der Waals surface area contributed by atoms with Crippen LogP contribution in [-0.4, -0.2) is 4.98 Å². The van der Waals surface area contributed by atoms with Crippen molar-refractivity contribution in [2.75, 3.05) is 10.2 Å². The minimum absolute atomic E-state index is 0.618. The largest absolute Gasteiger partial charge is 0.341 e. The highest BCUT2D eigenvalue weighted by molar-refractivity contribution is 6.33. The highest BCUT2D eigenvalue weighted by Crippen LogP contribution is 2.42. The maximum absolute atomic E-state index is 6.48. The molecule has 0 spiro atoms. The third-order valence-corrected chi connectivity index (χ3v) is 5.81. The van der Waals surface area contributed by atoms with Crippen LogP contribution in [0.3, 0.4) is 0 Å². The first-order valence-electron chi connectivity index (χ1n) is 9.76. The Labute approximate surface area is 186 Å². The Morgan fingerprint density at radius 1 is 1.00 bits per heavy atom. The third-order valence-electron chi connectivity index (χ3n) is 5.50. The summed E-state index contributed by atoms with van der Waals surface area (Å²) in [6.45, 7) is 8.61. The summed E-state index contributed by atoms with van der Waals surface area (Å²) in [6, 6.07) is 19.8. The van der Waals surface area contributed by atoms with Crippen LogP contribution >= 0.6 is 11.6 Å². The van der Waals surface area contributed by atoms with Crippen LogP contribution in [0, 0.1) is 12.3 Å². The molecule has 3 aromatic carbocycles. The average Bonchev–Trinajstić information content (AvgIpc) is 2.78. The maximum atomic E-state index is 6.48. The first-order valence-corrected chi connectivity index (χ1v) is 10.1. The van der Waals surface area contributed by atoms with Crippen molar-refractivity contribution in [1.29, 1.82) is 0 Å². The van der Waals surface area contributed by atoms with Crippen LogP contribution in [0.2, 0.25) is 5.02 Å². The summed E-state index contributed by atoms with van der Waals surface area (Å²) < 4.78 is 0. The summed E-state index contributed by atoms with van der Waals surface area (Å²) >= 11 is 6.48. The molecule has 1 aliphatic rings. The number of aromatic nitrogens is 1. The maximum Gasteiger partial charge on any atom is 0.108 e. The number of hydrogen-bond donors (Lipinski definition) is 1. The lowest BCUT2D eigenvalue weighted by atomic mass is 9.96. The number of nitrogens with one attached hydrogen (secondary N) is 1. The summed E-state index contributed by atoms with van der Waals surface area (Å²) in [4.78, 5) is 6.41. The van der Waals surface area contributed by atoms with Gasteiger partial charge in [0.2, 0.25) is 0 Å². The molecule has 4 aromatic rings. The van der Waals surface area contributed by atoms with E-state index in [0.29, 0.717) is 10.8 Å². The first kappa shape index (κ1) is 19.0. The summed E-state index contributed by atoms with van der Waals surface area (Å²) in [5.74, 6) is 3.42. The second-order valence-corrected chi connectivity index (χ2v) is 7.71. The molecule has 0 aliphatic carbocycles. The number of anilines is 2. The molecule has 0 atom stereocenters. The number of benzene rings is 3. The number of nitrogens with zero attached hydrogens (tertiary/aromatic N) is 2. The monoisotopic (exact) mass is 419 g/mol. The standard InChI is InChI=1S/C27H18ClN3/c1-4-19-9-7-11-24(28)27(19)20-12-13-22-17(2)31(18(3)30-25(22)14-20)26-16-29-15-21-8-5-6-10-23(21)26/h1,5-16,30H,2-3H2. The van der Waals surface area contributed by atoms with Crippen molar-refractivity contribution in [1.82, 2.24) is 4.98 Å². The lowest BCUT2D eigenvalue weighted by Crippen LogP contribution is -2.29. The number of rotatable bonds is 2. The molecule has 0 bridgehead atoms. The number of hydrogen-bond acceptors (Lipinski definition) is 3. The number of halogens is 1. The van der Waals surface area contributed by atoms with Crippen LogP contribution in [0.25, 0.3) is 27.6 Å². The molecule has 0 saturated heterocycles. The van der Waals surface area contributed by atoms with Crippen molar-refractivity contribution in [2.45, 2.75) is 0 Å². The van der Waals surface area contributed by atoms with Gasteiger partial charge in [-0.2, -0.15) is 0 Å². The second kappa shape index (κ2) is 7.36. The Morgan fingerprint density at radius 3 is 2.68 bits per heavy atom. The number of fused-ring (bicyclic) bond motifs is 2. The van der Waals surface area contributed by atoms with Gasteiger partial charge in [-0.1, -0.05) is 73.1 Å². The first-order chi connectivity index (χ1) is 15.1. The molecule has 3 nitrogen and oxygen atoms in total. The van der Waals surface area contributed by atoms with Crippen molar-refractivity contribution in [3.63, 3.8) is 0 Å². The van der Waals surface area contributed by atoms with Crippen LogP contribution in [0.1, 0.15) is 11.1 Å². The van der Waals surface area contributed by atoms with Crippen LogP contribution in [0.5, 0.6) is 0 Å². The molecule has 2 heterocycles. The van der Waals surface area contributed by atoms with Crippen LogP contribution in [-0.2, 0) is 0 Å². The average molecular weight is 420 g/mol. The van der Waals surface area contributed by atoms with E-state index in [0.717, 1.165) is 50.1 Å². The smallest absolute Gasteiger partial charge is 0.108 e. The number of pyridine rings is 1. The molecule has 148 valence electrons. The van der Waals surface area contributed by atoms with Gasteiger partial charge in [0.15, 0.2) is 0 Å². The molecule has 0 radical (unpaired) electrons. The van der Waals surface area contributed by atoms with Gasteiger partial charge in [0, 0.05) is 50.1 Å². The minimum Gasteiger partial charge on any atom is -0.341 e. The Morgan fingerprint density at radius 2 is 1.84 bits per heavy atom. The molecular formula is C27H18ClN3. The molecule has 5 rings (SSSR count). The summed E-state index contributed by atoms with van der Waals surface area (Å²) in [5.41, 5.74) is 6.15. The van der Waals surface area contributed by atoms with Crippen LogP contribution < -0.4 is 10.2 Å². The normalized spacial score (nSPS) is 13.0.